The molecule has 1 saturated heterocycles. The summed E-state index contributed by atoms with van der Waals surface area (Å²) in [5, 5.41) is 24.2. The van der Waals surface area contributed by atoms with E-state index in [2.05, 4.69) is 40.0 Å². The lowest BCUT2D eigenvalue weighted by Crippen LogP contribution is -2.24. The summed E-state index contributed by atoms with van der Waals surface area (Å²) in [6.07, 6.45) is -0.229. The lowest BCUT2D eigenvalue weighted by atomic mass is 9.97. The highest BCUT2D eigenvalue weighted by atomic mass is 16.5. The second-order valence-corrected chi connectivity index (χ2v) is 8.66. The molecule has 0 aliphatic carbocycles. The Kier molecular flexibility index (Phi) is 5.04. The quantitative estimate of drug-likeness (QED) is 0.234. The smallest absolute Gasteiger partial charge is 0.263 e. The van der Waals surface area contributed by atoms with Gasteiger partial charge in [0.1, 0.15) is 12.3 Å². The first-order chi connectivity index (χ1) is 17.0. The summed E-state index contributed by atoms with van der Waals surface area (Å²) in [7, 11) is 0. The molecule has 1 aliphatic rings. The number of nitrogens with two attached hydrogens (primary N) is 1. The number of hydrogen-bond donors (Lipinski definition) is 4. The van der Waals surface area contributed by atoms with Crippen molar-refractivity contribution in [3.63, 3.8) is 0 Å². The largest absolute Gasteiger partial charge is 0.394 e. The van der Waals surface area contributed by atoms with Crippen LogP contribution in [0.5, 0.6) is 0 Å². The van der Waals surface area contributed by atoms with Crippen LogP contribution in [0, 0.1) is 11.8 Å². The van der Waals surface area contributed by atoms with E-state index in [0.29, 0.717) is 16.6 Å². The molecule has 2 aromatic heterocycles. The van der Waals surface area contributed by atoms with Crippen molar-refractivity contribution in [2.24, 2.45) is 0 Å². The number of benzene rings is 3. The highest BCUT2D eigenvalue weighted by Gasteiger charge is 2.35. The second-order valence-electron chi connectivity index (χ2n) is 8.66. The number of nitrogens with one attached hydrogen (secondary N) is 1. The Hall–Kier alpha value is -4.16. The minimum atomic E-state index is -0.835. The molecule has 3 heterocycles. The van der Waals surface area contributed by atoms with Gasteiger partial charge in [-0.25, -0.2) is 0 Å². The van der Waals surface area contributed by atoms with E-state index in [1.165, 1.54) is 0 Å². The first-order valence-corrected chi connectivity index (χ1v) is 11.3. The summed E-state index contributed by atoms with van der Waals surface area (Å²) in [6, 6.07) is 18.3. The van der Waals surface area contributed by atoms with Gasteiger partial charge in [0.25, 0.3) is 5.56 Å². The van der Waals surface area contributed by atoms with Gasteiger partial charge < -0.3 is 25.3 Å². The van der Waals surface area contributed by atoms with Crippen molar-refractivity contribution in [3.8, 4) is 11.8 Å². The zero-order valence-electron chi connectivity index (χ0n) is 18.6. The normalized spacial score (nSPS) is 19.9. The Labute approximate surface area is 199 Å². The zero-order chi connectivity index (χ0) is 24.1. The summed E-state index contributed by atoms with van der Waals surface area (Å²) in [5.74, 6) is 6.47. The minimum Gasteiger partial charge on any atom is -0.394 e. The summed E-state index contributed by atoms with van der Waals surface area (Å²) >= 11 is 0. The van der Waals surface area contributed by atoms with Crippen molar-refractivity contribution in [1.29, 1.82) is 0 Å². The summed E-state index contributed by atoms with van der Waals surface area (Å²) in [4.78, 5) is 19.8. The maximum atomic E-state index is 12.9. The predicted octanol–water partition coefficient (Wildman–Crippen LogP) is 2.65. The number of fused-ring (bicyclic) bond motifs is 3. The molecule has 0 saturated carbocycles. The number of aliphatic hydroxyl groups excluding tert-OH is 2. The average molecular weight is 466 g/mol. The van der Waals surface area contributed by atoms with Crippen molar-refractivity contribution in [2.75, 3.05) is 12.3 Å². The molecule has 8 heteroatoms. The topological polar surface area (TPSA) is 126 Å². The summed E-state index contributed by atoms with van der Waals surface area (Å²) in [6.45, 7) is -0.312. The molecule has 174 valence electrons. The standard InChI is InChI=1S/C27H22N4O4/c28-27-29-25-24(26(34)30-27)17(13-31(25)23-12-21(33)22(14-32)35-23)9-10-20-18-7-3-1-5-15(18)11-16-6-2-4-8-19(16)20/h1-8,11,13,21-23,32-33H,12,14H2,(H3,28,29,30,34)/t21-,22+,23+/m0/s1. The van der Waals surface area contributed by atoms with E-state index in [1.54, 1.807) is 10.8 Å². The summed E-state index contributed by atoms with van der Waals surface area (Å²) < 4.78 is 7.47. The van der Waals surface area contributed by atoms with Gasteiger partial charge in [0, 0.05) is 18.2 Å². The van der Waals surface area contributed by atoms with Gasteiger partial charge in [-0.15, -0.1) is 0 Å². The van der Waals surface area contributed by atoms with Crippen molar-refractivity contribution in [1.82, 2.24) is 14.5 Å². The van der Waals surface area contributed by atoms with Crippen LogP contribution in [0.3, 0.4) is 0 Å². The predicted molar refractivity (Wildman–Crippen MR) is 134 cm³/mol. The van der Waals surface area contributed by atoms with Crippen LogP contribution in [0.2, 0.25) is 0 Å². The first kappa shape index (κ1) is 21.4. The van der Waals surface area contributed by atoms with Crippen LogP contribution in [-0.2, 0) is 4.74 Å². The molecule has 8 nitrogen and oxygen atoms in total. The van der Waals surface area contributed by atoms with Gasteiger partial charge in [-0.05, 0) is 27.6 Å². The molecule has 1 aliphatic heterocycles. The maximum absolute atomic E-state index is 12.9. The molecular formula is C27H22N4O4. The van der Waals surface area contributed by atoms with E-state index in [9.17, 15) is 15.0 Å². The van der Waals surface area contributed by atoms with E-state index in [1.807, 2.05) is 36.4 Å². The maximum Gasteiger partial charge on any atom is 0.263 e. The van der Waals surface area contributed by atoms with Crippen LogP contribution >= 0.6 is 0 Å². The number of aliphatic hydroxyl groups is 2. The van der Waals surface area contributed by atoms with Gasteiger partial charge in [0.2, 0.25) is 5.95 Å². The van der Waals surface area contributed by atoms with E-state index in [-0.39, 0.29) is 19.0 Å². The molecule has 6 rings (SSSR count). The number of nitrogens with zero attached hydrogens (tertiary/aromatic N) is 2. The molecule has 5 N–H and O–H groups in total. The summed E-state index contributed by atoms with van der Waals surface area (Å²) in [5.41, 5.74) is 7.07. The van der Waals surface area contributed by atoms with Crippen molar-refractivity contribution >= 4 is 38.5 Å². The van der Waals surface area contributed by atoms with Gasteiger partial charge in [-0.1, -0.05) is 60.4 Å². The van der Waals surface area contributed by atoms with Crippen LogP contribution in [0.15, 0.2) is 65.6 Å². The fourth-order valence-electron chi connectivity index (χ4n) is 4.82. The molecule has 0 bridgehead atoms. The van der Waals surface area contributed by atoms with E-state index >= 15 is 0 Å². The number of nitrogen functional groups attached to an aromatic ring is 1. The molecular weight excluding hydrogens is 444 g/mol. The van der Waals surface area contributed by atoms with E-state index in [4.69, 9.17) is 10.5 Å². The van der Waals surface area contributed by atoms with E-state index in [0.717, 1.165) is 27.1 Å². The Morgan fingerprint density at radius 3 is 2.46 bits per heavy atom. The Morgan fingerprint density at radius 2 is 1.80 bits per heavy atom. The lowest BCUT2D eigenvalue weighted by Gasteiger charge is -2.14. The minimum absolute atomic E-state index is 0.0290. The molecule has 0 spiro atoms. The third-order valence-corrected chi connectivity index (χ3v) is 6.49. The fourth-order valence-corrected chi connectivity index (χ4v) is 4.82. The molecule has 1 fully saturated rings. The van der Waals surface area contributed by atoms with Crippen LogP contribution in [0.4, 0.5) is 5.95 Å². The van der Waals surface area contributed by atoms with Crippen LogP contribution in [0.1, 0.15) is 23.8 Å². The van der Waals surface area contributed by atoms with Crippen LogP contribution < -0.4 is 11.3 Å². The number of aromatic nitrogens is 3. The van der Waals surface area contributed by atoms with E-state index < -0.39 is 24.0 Å². The highest BCUT2D eigenvalue weighted by molar-refractivity contribution is 6.04. The number of ether oxygens (including phenoxy) is 1. The van der Waals surface area contributed by atoms with Crippen molar-refractivity contribution in [3.05, 3.63) is 82.3 Å². The highest BCUT2D eigenvalue weighted by Crippen LogP contribution is 2.32. The molecule has 5 aromatic rings. The Morgan fingerprint density at radius 1 is 1.11 bits per heavy atom. The zero-order valence-corrected chi connectivity index (χ0v) is 18.6. The molecule has 0 radical (unpaired) electrons. The average Bonchev–Trinajstić information content (AvgIpc) is 3.41. The molecule has 3 aromatic carbocycles. The van der Waals surface area contributed by atoms with Crippen molar-refractivity contribution in [2.45, 2.75) is 24.9 Å². The number of rotatable bonds is 2. The number of aromatic amines is 1. The number of anilines is 1. The molecule has 3 atom stereocenters. The molecule has 0 unspecified atom stereocenters. The SMILES string of the molecule is Nc1nc2c(c(C#Cc3c4ccccc4cc4ccccc34)cn2[C@H]2C[C@H](O)[C@@H](CO)O2)c(=O)[nH]1. The van der Waals surface area contributed by atoms with Gasteiger partial charge >= 0.3 is 0 Å². The second kappa shape index (κ2) is 8.25. The third-order valence-electron chi connectivity index (χ3n) is 6.49. The monoisotopic (exact) mass is 466 g/mol. The van der Waals surface area contributed by atoms with Gasteiger partial charge in [0.05, 0.1) is 23.7 Å². The lowest BCUT2D eigenvalue weighted by molar-refractivity contribution is -0.0430. The number of hydrogen-bond acceptors (Lipinski definition) is 6. The fraction of sp³-hybridized carbons (Fsp3) is 0.185. The third kappa shape index (κ3) is 3.54. The van der Waals surface area contributed by atoms with Gasteiger partial charge in [-0.2, -0.15) is 4.98 Å². The van der Waals surface area contributed by atoms with Crippen molar-refractivity contribution < 1.29 is 14.9 Å². The van der Waals surface area contributed by atoms with Gasteiger partial charge in [0.15, 0.2) is 5.65 Å². The molecule has 35 heavy (non-hydrogen) atoms. The first-order valence-electron chi connectivity index (χ1n) is 11.3. The number of H-pyrrole nitrogens is 1. The van der Waals surface area contributed by atoms with Crippen LogP contribution in [-0.4, -0.2) is 43.6 Å². The van der Waals surface area contributed by atoms with Gasteiger partial charge in [-0.3, -0.25) is 9.78 Å². The Balaban J connectivity index is 1.57. The molecule has 0 amide bonds. The Bertz CT molecular complexity index is 1670. The van der Waals surface area contributed by atoms with Crippen LogP contribution in [0.25, 0.3) is 32.6 Å².